The lowest BCUT2D eigenvalue weighted by Gasteiger charge is -2.11. The van der Waals surface area contributed by atoms with E-state index in [-0.39, 0.29) is 10.8 Å². The molecule has 5 heteroatoms. The molecule has 0 N–H and O–H groups in total. The fourth-order valence-corrected chi connectivity index (χ4v) is 2.40. The first kappa shape index (κ1) is 13.2. The van der Waals surface area contributed by atoms with Gasteiger partial charge in [-0.3, -0.25) is 4.21 Å². The van der Waals surface area contributed by atoms with Crippen LogP contribution >= 0.6 is 11.6 Å². The molecule has 0 spiro atoms. The van der Waals surface area contributed by atoms with Gasteiger partial charge in [-0.1, -0.05) is 53.0 Å². The summed E-state index contributed by atoms with van der Waals surface area (Å²) >= 11 is 3.56. The predicted octanol–water partition coefficient (Wildman–Crippen LogP) is 3.53. The van der Waals surface area contributed by atoms with Gasteiger partial charge in [0.05, 0.1) is 5.02 Å². The zero-order valence-corrected chi connectivity index (χ0v) is 10.8. The molecule has 0 amide bonds. The van der Waals surface area contributed by atoms with Crippen LogP contribution in [-0.4, -0.2) is 8.76 Å². The molecule has 94 valence electrons. The van der Waals surface area contributed by atoms with Gasteiger partial charge in [-0.05, 0) is 28.8 Å². The third-order valence-electron chi connectivity index (χ3n) is 2.52. The van der Waals surface area contributed by atoms with Gasteiger partial charge >= 0.3 is 0 Å². The van der Waals surface area contributed by atoms with Crippen molar-refractivity contribution in [1.29, 1.82) is 0 Å². The number of hydrogen-bond acceptors (Lipinski definition) is 2. The fourth-order valence-electron chi connectivity index (χ4n) is 1.72. The number of rotatable bonds is 3. The zero-order valence-electron chi connectivity index (χ0n) is 9.23. The molecule has 1 unspecified atom stereocenters. The van der Waals surface area contributed by atoms with E-state index in [1.54, 1.807) is 30.3 Å². The third kappa shape index (κ3) is 2.96. The molecule has 18 heavy (non-hydrogen) atoms. The molecule has 2 rings (SSSR count). The van der Waals surface area contributed by atoms with Gasteiger partial charge in [-0.15, -0.1) is 0 Å². The maximum Gasteiger partial charge on any atom is 0.141 e. The Labute approximate surface area is 112 Å². The van der Waals surface area contributed by atoms with Crippen LogP contribution in [-0.2, 0) is 16.8 Å². The van der Waals surface area contributed by atoms with Crippen LogP contribution in [0, 0.1) is 5.82 Å². The summed E-state index contributed by atoms with van der Waals surface area (Å²) in [6.45, 7) is 0. The molecule has 2 aromatic rings. The van der Waals surface area contributed by atoms with Crippen LogP contribution < -0.4 is 0 Å². The molecule has 0 aliphatic rings. The molecule has 1 atom stereocenters. The van der Waals surface area contributed by atoms with Crippen LogP contribution in [0.15, 0.2) is 42.5 Å². The molecular formula is C13H9ClFO2S-. The molecule has 0 heterocycles. The Hall–Kier alpha value is -1.23. The summed E-state index contributed by atoms with van der Waals surface area (Å²) in [5, 5.41) is 0.0190. The van der Waals surface area contributed by atoms with E-state index in [2.05, 4.69) is 0 Å². The first-order valence-electron chi connectivity index (χ1n) is 5.17. The SMILES string of the molecule is O=S([O-])Cc1ccccc1-c1ccc(F)c(Cl)c1. The average Bonchev–Trinajstić information content (AvgIpc) is 2.33. The minimum Gasteiger partial charge on any atom is -0.772 e. The first-order valence-corrected chi connectivity index (χ1v) is 6.79. The van der Waals surface area contributed by atoms with E-state index in [1.165, 1.54) is 12.1 Å². The Morgan fingerprint density at radius 1 is 1.22 bits per heavy atom. The van der Waals surface area contributed by atoms with Gasteiger partial charge in [0.25, 0.3) is 0 Å². The second kappa shape index (κ2) is 5.61. The number of halogens is 2. The standard InChI is InChI=1S/C13H10ClFO2S/c14-12-7-9(5-6-13(12)15)11-4-2-1-3-10(11)8-18(16)17/h1-7H,8H2,(H,16,17)/p-1. The van der Waals surface area contributed by atoms with Crippen molar-refractivity contribution in [2.45, 2.75) is 5.75 Å². The van der Waals surface area contributed by atoms with Crippen molar-refractivity contribution in [2.24, 2.45) is 0 Å². The van der Waals surface area contributed by atoms with Crippen molar-refractivity contribution in [3.63, 3.8) is 0 Å². The minimum absolute atomic E-state index is 0.0190. The second-order valence-electron chi connectivity index (χ2n) is 3.73. The van der Waals surface area contributed by atoms with Gasteiger partial charge < -0.3 is 4.55 Å². The Bertz CT molecular complexity index is 601. The monoisotopic (exact) mass is 283 g/mol. The molecule has 0 radical (unpaired) electrons. The normalized spacial score (nSPS) is 12.4. The lowest BCUT2D eigenvalue weighted by molar-refractivity contribution is 0.536. The number of benzene rings is 2. The molecule has 0 saturated carbocycles. The molecule has 2 aromatic carbocycles. The van der Waals surface area contributed by atoms with Gasteiger partial charge in [0.2, 0.25) is 0 Å². The topological polar surface area (TPSA) is 40.1 Å². The van der Waals surface area contributed by atoms with E-state index < -0.39 is 16.9 Å². The number of hydrogen-bond donors (Lipinski definition) is 0. The quantitative estimate of drug-likeness (QED) is 0.809. The van der Waals surface area contributed by atoms with Crippen LogP contribution in [0.25, 0.3) is 11.1 Å². The van der Waals surface area contributed by atoms with E-state index in [9.17, 15) is 13.2 Å². The van der Waals surface area contributed by atoms with Crippen molar-refractivity contribution >= 4 is 22.7 Å². The Balaban J connectivity index is 2.49. The van der Waals surface area contributed by atoms with E-state index in [4.69, 9.17) is 11.6 Å². The zero-order chi connectivity index (χ0) is 13.1. The summed E-state index contributed by atoms with van der Waals surface area (Å²) in [4.78, 5) is 0. The first-order chi connectivity index (χ1) is 8.58. The fraction of sp³-hybridized carbons (Fsp3) is 0.0769. The highest BCUT2D eigenvalue weighted by atomic mass is 35.5. The van der Waals surface area contributed by atoms with Crippen LogP contribution in [0.1, 0.15) is 5.56 Å². The van der Waals surface area contributed by atoms with Crippen molar-refractivity contribution in [3.05, 3.63) is 58.9 Å². The highest BCUT2D eigenvalue weighted by Gasteiger charge is 2.07. The smallest absolute Gasteiger partial charge is 0.141 e. The molecule has 0 aromatic heterocycles. The van der Waals surface area contributed by atoms with Crippen LogP contribution in [0.2, 0.25) is 5.02 Å². The van der Waals surface area contributed by atoms with Crippen LogP contribution in [0.3, 0.4) is 0 Å². The highest BCUT2D eigenvalue weighted by Crippen LogP contribution is 2.28. The summed E-state index contributed by atoms with van der Waals surface area (Å²) in [5.74, 6) is -0.573. The largest absolute Gasteiger partial charge is 0.772 e. The van der Waals surface area contributed by atoms with Crippen LogP contribution in [0.4, 0.5) is 4.39 Å². The molecule has 0 aliphatic carbocycles. The van der Waals surface area contributed by atoms with Gasteiger partial charge in [0, 0.05) is 5.75 Å². The average molecular weight is 284 g/mol. The van der Waals surface area contributed by atoms with Crippen molar-refractivity contribution in [1.82, 2.24) is 0 Å². The molecule has 2 nitrogen and oxygen atoms in total. The van der Waals surface area contributed by atoms with Gasteiger partial charge in [0.15, 0.2) is 0 Å². The van der Waals surface area contributed by atoms with E-state index in [0.29, 0.717) is 11.1 Å². The van der Waals surface area contributed by atoms with E-state index >= 15 is 0 Å². The van der Waals surface area contributed by atoms with E-state index in [1.807, 2.05) is 0 Å². The van der Waals surface area contributed by atoms with E-state index in [0.717, 1.165) is 5.56 Å². The second-order valence-corrected chi connectivity index (χ2v) is 5.04. The summed E-state index contributed by atoms with van der Waals surface area (Å²) < 4.78 is 34.7. The van der Waals surface area contributed by atoms with Gasteiger partial charge in [-0.2, -0.15) is 0 Å². The van der Waals surface area contributed by atoms with Crippen molar-refractivity contribution in [3.8, 4) is 11.1 Å². The maximum atomic E-state index is 13.1. The van der Waals surface area contributed by atoms with Crippen molar-refractivity contribution < 1.29 is 13.2 Å². The minimum atomic E-state index is -2.17. The Kier molecular flexibility index (Phi) is 4.11. The Morgan fingerprint density at radius 3 is 2.61 bits per heavy atom. The lowest BCUT2D eigenvalue weighted by atomic mass is 10.0. The predicted molar refractivity (Wildman–Crippen MR) is 69.5 cm³/mol. The Morgan fingerprint density at radius 2 is 1.94 bits per heavy atom. The summed E-state index contributed by atoms with van der Waals surface area (Å²) in [5.41, 5.74) is 2.10. The maximum absolute atomic E-state index is 13.1. The molecular weight excluding hydrogens is 275 g/mol. The summed E-state index contributed by atoms with van der Waals surface area (Å²) in [7, 11) is 0. The molecule has 0 saturated heterocycles. The van der Waals surface area contributed by atoms with Gasteiger partial charge in [-0.25, -0.2) is 4.39 Å². The molecule has 0 fully saturated rings. The van der Waals surface area contributed by atoms with Crippen molar-refractivity contribution in [2.75, 3.05) is 0 Å². The third-order valence-corrected chi connectivity index (χ3v) is 3.36. The molecule has 0 bridgehead atoms. The molecule has 0 aliphatic heterocycles. The summed E-state index contributed by atoms with van der Waals surface area (Å²) in [6.07, 6.45) is 0. The summed E-state index contributed by atoms with van der Waals surface area (Å²) in [6, 6.07) is 11.4. The van der Waals surface area contributed by atoms with Crippen LogP contribution in [0.5, 0.6) is 0 Å². The van der Waals surface area contributed by atoms with Gasteiger partial charge in [0.1, 0.15) is 5.82 Å². The lowest BCUT2D eigenvalue weighted by Crippen LogP contribution is -1.96. The highest BCUT2D eigenvalue weighted by molar-refractivity contribution is 7.78.